The maximum atomic E-state index is 6.07. The maximum Gasteiger partial charge on any atom is 0.127 e. The number of ether oxygens (including phenoxy) is 1. The van der Waals surface area contributed by atoms with Crippen LogP contribution in [0.4, 0.5) is 0 Å². The smallest absolute Gasteiger partial charge is 0.127 e. The minimum atomic E-state index is 0.238. The van der Waals surface area contributed by atoms with Gasteiger partial charge in [0.15, 0.2) is 0 Å². The highest BCUT2D eigenvalue weighted by Gasteiger charge is 2.21. The predicted molar refractivity (Wildman–Crippen MR) is 82.6 cm³/mol. The highest BCUT2D eigenvalue weighted by Crippen LogP contribution is 2.34. The van der Waals surface area contributed by atoms with Crippen LogP contribution in [0.25, 0.3) is 0 Å². The van der Waals surface area contributed by atoms with Crippen molar-refractivity contribution in [1.29, 1.82) is 0 Å². The lowest BCUT2D eigenvalue weighted by Crippen LogP contribution is -2.19. The number of hydrogen-bond acceptors (Lipinski definition) is 2. The van der Waals surface area contributed by atoms with Gasteiger partial charge in [-0.15, -0.1) is 0 Å². The van der Waals surface area contributed by atoms with Crippen molar-refractivity contribution in [2.24, 2.45) is 0 Å². The van der Waals surface area contributed by atoms with Gasteiger partial charge in [-0.2, -0.15) is 0 Å². The van der Waals surface area contributed by atoms with E-state index in [1.54, 1.807) is 0 Å². The Bertz CT molecular complexity index is 612. The number of nitrogens with one attached hydrogen (secondary N) is 1. The van der Waals surface area contributed by atoms with Crippen molar-refractivity contribution in [3.63, 3.8) is 0 Å². The van der Waals surface area contributed by atoms with Gasteiger partial charge in [0.2, 0.25) is 0 Å². The van der Waals surface area contributed by atoms with Gasteiger partial charge in [-0.3, -0.25) is 0 Å². The van der Waals surface area contributed by atoms with Crippen LogP contribution in [-0.4, -0.2) is 13.7 Å². The normalized spacial score (nSPS) is 14.7. The molecular weight excluding hydrogens is 270 g/mol. The van der Waals surface area contributed by atoms with E-state index in [-0.39, 0.29) is 6.04 Å². The first kappa shape index (κ1) is 13.5. The van der Waals surface area contributed by atoms with Crippen molar-refractivity contribution in [2.75, 3.05) is 13.7 Å². The molecule has 1 heterocycles. The Morgan fingerprint density at radius 3 is 2.90 bits per heavy atom. The third-order valence-corrected chi connectivity index (χ3v) is 4.03. The molecule has 0 radical (unpaired) electrons. The zero-order valence-corrected chi connectivity index (χ0v) is 12.3. The molecule has 2 nitrogen and oxygen atoms in total. The average Bonchev–Trinajstić information content (AvgIpc) is 2.93. The number of fused-ring (bicyclic) bond motifs is 1. The number of benzene rings is 2. The summed E-state index contributed by atoms with van der Waals surface area (Å²) in [6.45, 7) is 0.792. The van der Waals surface area contributed by atoms with E-state index < -0.39 is 0 Å². The molecule has 104 valence electrons. The van der Waals surface area contributed by atoms with Crippen LogP contribution in [0.2, 0.25) is 5.02 Å². The number of halogens is 1. The Labute approximate surface area is 124 Å². The Hall–Kier alpha value is -1.51. The SMILES string of the molecule is CNC(Cc1cccc(Cl)c1)c1cccc2c1OCC2. The summed E-state index contributed by atoms with van der Waals surface area (Å²) >= 11 is 6.07. The number of likely N-dealkylation sites (N-methyl/N-ethyl adjacent to an activating group) is 1. The Kier molecular flexibility index (Phi) is 3.95. The second kappa shape index (κ2) is 5.86. The maximum absolute atomic E-state index is 6.07. The molecule has 2 aromatic carbocycles. The second-order valence-corrected chi connectivity index (χ2v) is 5.55. The standard InChI is InChI=1S/C17H18ClNO/c1-19-16(11-12-4-2-6-14(18)10-12)15-7-3-5-13-8-9-20-17(13)15/h2-7,10,16,19H,8-9,11H2,1H3. The topological polar surface area (TPSA) is 21.3 Å². The molecule has 3 rings (SSSR count). The van der Waals surface area contributed by atoms with E-state index in [0.29, 0.717) is 0 Å². The molecule has 0 fully saturated rings. The minimum Gasteiger partial charge on any atom is -0.493 e. The Morgan fingerprint density at radius 2 is 2.10 bits per heavy atom. The third kappa shape index (κ3) is 2.67. The first-order chi connectivity index (χ1) is 9.78. The van der Waals surface area contributed by atoms with E-state index in [2.05, 4.69) is 29.6 Å². The van der Waals surface area contributed by atoms with Crippen molar-refractivity contribution in [2.45, 2.75) is 18.9 Å². The minimum absolute atomic E-state index is 0.238. The third-order valence-electron chi connectivity index (χ3n) is 3.80. The molecule has 2 aromatic rings. The van der Waals surface area contributed by atoms with E-state index in [1.165, 1.54) is 16.7 Å². The summed E-state index contributed by atoms with van der Waals surface area (Å²) in [6.07, 6.45) is 1.91. The lowest BCUT2D eigenvalue weighted by atomic mass is 9.96. The van der Waals surface area contributed by atoms with Crippen LogP contribution < -0.4 is 10.1 Å². The summed E-state index contributed by atoms with van der Waals surface area (Å²) in [5.41, 5.74) is 3.78. The molecule has 0 aliphatic carbocycles. The number of hydrogen-bond donors (Lipinski definition) is 1. The molecule has 3 heteroatoms. The van der Waals surface area contributed by atoms with Crippen LogP contribution in [0.1, 0.15) is 22.7 Å². The van der Waals surface area contributed by atoms with Gasteiger partial charge in [-0.05, 0) is 36.7 Å². The van der Waals surface area contributed by atoms with Crippen LogP contribution >= 0.6 is 11.6 Å². The summed E-state index contributed by atoms with van der Waals surface area (Å²) in [4.78, 5) is 0. The van der Waals surface area contributed by atoms with E-state index in [4.69, 9.17) is 16.3 Å². The molecule has 0 bridgehead atoms. The molecule has 0 spiro atoms. The zero-order chi connectivity index (χ0) is 13.9. The molecular formula is C17H18ClNO. The second-order valence-electron chi connectivity index (χ2n) is 5.11. The monoisotopic (exact) mass is 287 g/mol. The summed E-state index contributed by atoms with van der Waals surface area (Å²) in [6, 6.07) is 14.7. The van der Waals surface area contributed by atoms with Gasteiger partial charge in [-0.1, -0.05) is 41.9 Å². The molecule has 0 aromatic heterocycles. The molecule has 0 amide bonds. The molecule has 1 aliphatic heterocycles. The zero-order valence-electron chi connectivity index (χ0n) is 11.5. The highest BCUT2D eigenvalue weighted by atomic mass is 35.5. The van der Waals surface area contributed by atoms with Crippen LogP contribution in [-0.2, 0) is 12.8 Å². The fourth-order valence-electron chi connectivity index (χ4n) is 2.78. The van der Waals surface area contributed by atoms with Crippen LogP contribution in [0.3, 0.4) is 0 Å². The first-order valence-corrected chi connectivity index (χ1v) is 7.32. The number of rotatable bonds is 4. The summed E-state index contributed by atoms with van der Waals surface area (Å²) in [5.74, 6) is 1.06. The van der Waals surface area contributed by atoms with Gasteiger partial charge in [0.25, 0.3) is 0 Å². The van der Waals surface area contributed by atoms with E-state index in [9.17, 15) is 0 Å². The fourth-order valence-corrected chi connectivity index (χ4v) is 3.00. The first-order valence-electron chi connectivity index (χ1n) is 6.94. The van der Waals surface area contributed by atoms with Crippen LogP contribution in [0.15, 0.2) is 42.5 Å². The summed E-state index contributed by atoms with van der Waals surface area (Å²) < 4.78 is 5.81. The molecule has 1 N–H and O–H groups in total. The van der Waals surface area contributed by atoms with Crippen LogP contribution in [0.5, 0.6) is 5.75 Å². The van der Waals surface area contributed by atoms with Gasteiger partial charge in [0.1, 0.15) is 5.75 Å². The molecule has 0 saturated carbocycles. The van der Waals surface area contributed by atoms with E-state index in [1.807, 2.05) is 25.2 Å². The molecule has 1 atom stereocenters. The van der Waals surface area contributed by atoms with Crippen molar-refractivity contribution in [3.8, 4) is 5.75 Å². The quantitative estimate of drug-likeness (QED) is 0.924. The molecule has 1 aliphatic rings. The Balaban J connectivity index is 1.89. The van der Waals surface area contributed by atoms with Crippen molar-refractivity contribution < 1.29 is 4.74 Å². The van der Waals surface area contributed by atoms with Crippen molar-refractivity contribution >= 4 is 11.6 Å². The summed E-state index contributed by atoms with van der Waals surface area (Å²) in [7, 11) is 1.99. The fraction of sp³-hybridized carbons (Fsp3) is 0.294. The highest BCUT2D eigenvalue weighted by molar-refractivity contribution is 6.30. The van der Waals surface area contributed by atoms with Crippen LogP contribution in [0, 0.1) is 0 Å². The number of para-hydroxylation sites is 1. The van der Waals surface area contributed by atoms with Gasteiger partial charge >= 0.3 is 0 Å². The van der Waals surface area contributed by atoms with E-state index in [0.717, 1.165) is 30.2 Å². The van der Waals surface area contributed by atoms with Gasteiger partial charge in [0.05, 0.1) is 6.61 Å². The Morgan fingerprint density at radius 1 is 1.25 bits per heavy atom. The molecule has 20 heavy (non-hydrogen) atoms. The molecule has 0 saturated heterocycles. The summed E-state index contributed by atoms with van der Waals surface area (Å²) in [5, 5.41) is 4.18. The predicted octanol–water partition coefficient (Wildman–Crippen LogP) is 3.78. The van der Waals surface area contributed by atoms with Gasteiger partial charge < -0.3 is 10.1 Å². The lowest BCUT2D eigenvalue weighted by Gasteiger charge is -2.19. The largest absolute Gasteiger partial charge is 0.493 e. The lowest BCUT2D eigenvalue weighted by molar-refractivity contribution is 0.349. The van der Waals surface area contributed by atoms with Crippen molar-refractivity contribution in [1.82, 2.24) is 5.32 Å². The van der Waals surface area contributed by atoms with Gasteiger partial charge in [-0.25, -0.2) is 0 Å². The van der Waals surface area contributed by atoms with Gasteiger partial charge in [0, 0.05) is 23.0 Å². The average molecular weight is 288 g/mol. The van der Waals surface area contributed by atoms with E-state index >= 15 is 0 Å². The molecule has 1 unspecified atom stereocenters. The van der Waals surface area contributed by atoms with Crippen molar-refractivity contribution in [3.05, 3.63) is 64.2 Å².